The van der Waals surface area contributed by atoms with Gasteiger partial charge in [-0.05, 0) is 12.8 Å². The zero-order valence-corrected chi connectivity index (χ0v) is 7.47. The van der Waals surface area contributed by atoms with Crippen molar-refractivity contribution < 1.29 is 23.1 Å². The summed E-state index contributed by atoms with van der Waals surface area (Å²) >= 11 is 0. The van der Waals surface area contributed by atoms with Gasteiger partial charge in [-0.3, -0.25) is 4.79 Å². The van der Waals surface area contributed by atoms with Crippen molar-refractivity contribution in [2.75, 3.05) is 0 Å². The van der Waals surface area contributed by atoms with Crippen molar-refractivity contribution in [3.05, 3.63) is 0 Å². The Morgan fingerprint density at radius 1 is 1.43 bits per heavy atom. The van der Waals surface area contributed by atoms with Gasteiger partial charge in [-0.1, -0.05) is 12.8 Å². The van der Waals surface area contributed by atoms with Crippen molar-refractivity contribution in [3.8, 4) is 0 Å². The summed E-state index contributed by atoms with van der Waals surface area (Å²) in [7, 11) is 0. The normalized spacial score (nSPS) is 34.1. The molecule has 3 nitrogen and oxygen atoms in total. The number of aliphatic carboxylic acids is 1. The number of carbonyl (C=O) groups is 1. The number of nitrogens with two attached hydrogens (primary N) is 1. The van der Waals surface area contributed by atoms with Gasteiger partial charge in [0.15, 0.2) is 0 Å². The van der Waals surface area contributed by atoms with Crippen LogP contribution in [-0.4, -0.2) is 22.8 Å². The molecule has 1 saturated carbocycles. The fraction of sp³-hybridized carbons (Fsp3) is 0.875. The first kappa shape index (κ1) is 11.3. The molecule has 0 aromatic heterocycles. The van der Waals surface area contributed by atoms with Crippen LogP contribution in [0.1, 0.15) is 25.7 Å². The standard InChI is InChI=1S/C8H12F3NO2/c9-8(10,11)7(12)4-2-1-3-5(7)6(13)14/h5H,1-4,12H2,(H,13,14)/t5-,7+/m0/s1. The molecule has 0 heterocycles. The van der Waals surface area contributed by atoms with Crippen LogP contribution in [0.15, 0.2) is 0 Å². The van der Waals surface area contributed by atoms with Gasteiger partial charge < -0.3 is 10.8 Å². The Balaban J connectivity index is 2.97. The Kier molecular flexibility index (Phi) is 2.76. The predicted molar refractivity (Wildman–Crippen MR) is 42.6 cm³/mol. The monoisotopic (exact) mass is 211 g/mol. The average Bonchev–Trinajstić information content (AvgIpc) is 2.02. The first-order chi connectivity index (χ1) is 6.29. The van der Waals surface area contributed by atoms with E-state index >= 15 is 0 Å². The highest BCUT2D eigenvalue weighted by atomic mass is 19.4. The molecule has 0 saturated heterocycles. The van der Waals surface area contributed by atoms with E-state index in [1.807, 2.05) is 0 Å². The number of alkyl halides is 3. The van der Waals surface area contributed by atoms with E-state index in [0.29, 0.717) is 12.8 Å². The SMILES string of the molecule is N[C@]1(C(F)(F)F)CCCC[C@H]1C(=O)O. The second-order valence-corrected chi connectivity index (χ2v) is 3.67. The van der Waals surface area contributed by atoms with Crippen molar-refractivity contribution in [2.24, 2.45) is 11.7 Å². The quantitative estimate of drug-likeness (QED) is 0.691. The summed E-state index contributed by atoms with van der Waals surface area (Å²) in [6, 6.07) is 0. The lowest BCUT2D eigenvalue weighted by Crippen LogP contribution is -2.62. The fourth-order valence-corrected chi connectivity index (χ4v) is 1.88. The molecule has 3 N–H and O–H groups in total. The maximum Gasteiger partial charge on any atom is 0.407 e. The molecule has 6 heteroatoms. The lowest BCUT2D eigenvalue weighted by Gasteiger charge is -2.39. The van der Waals surface area contributed by atoms with Gasteiger partial charge in [0.1, 0.15) is 5.54 Å². The third-order valence-corrected chi connectivity index (χ3v) is 2.78. The van der Waals surface area contributed by atoms with Gasteiger partial charge in [-0.2, -0.15) is 13.2 Å². The van der Waals surface area contributed by atoms with Crippen molar-refractivity contribution in [1.82, 2.24) is 0 Å². The van der Waals surface area contributed by atoms with Crippen LogP contribution in [-0.2, 0) is 4.79 Å². The minimum absolute atomic E-state index is 0.00530. The first-order valence-electron chi connectivity index (χ1n) is 4.37. The molecule has 0 amide bonds. The molecule has 82 valence electrons. The number of carboxylic acids is 1. The van der Waals surface area contributed by atoms with Crippen molar-refractivity contribution in [3.63, 3.8) is 0 Å². The van der Waals surface area contributed by atoms with Gasteiger partial charge >= 0.3 is 12.1 Å². The number of carboxylic acid groups (broad SMARTS) is 1. The highest BCUT2D eigenvalue weighted by Crippen LogP contribution is 2.43. The van der Waals surface area contributed by atoms with Crippen LogP contribution in [0.2, 0.25) is 0 Å². The molecular weight excluding hydrogens is 199 g/mol. The molecule has 1 aliphatic carbocycles. The maximum atomic E-state index is 12.5. The zero-order chi connectivity index (χ0) is 11.0. The van der Waals surface area contributed by atoms with Gasteiger partial charge in [0.2, 0.25) is 0 Å². The largest absolute Gasteiger partial charge is 0.481 e. The molecule has 14 heavy (non-hydrogen) atoms. The second kappa shape index (κ2) is 3.42. The van der Waals surface area contributed by atoms with Crippen LogP contribution in [0.25, 0.3) is 0 Å². The third-order valence-electron chi connectivity index (χ3n) is 2.78. The summed E-state index contributed by atoms with van der Waals surface area (Å²) < 4.78 is 37.6. The van der Waals surface area contributed by atoms with Gasteiger partial charge in [0.25, 0.3) is 0 Å². The summed E-state index contributed by atoms with van der Waals surface area (Å²) in [5.41, 5.74) is 2.63. The summed E-state index contributed by atoms with van der Waals surface area (Å²) in [6.07, 6.45) is -4.11. The Morgan fingerprint density at radius 2 is 2.00 bits per heavy atom. The summed E-state index contributed by atoms with van der Waals surface area (Å²) in [5.74, 6) is -2.96. The van der Waals surface area contributed by atoms with E-state index in [2.05, 4.69) is 0 Å². The van der Waals surface area contributed by atoms with E-state index in [4.69, 9.17) is 10.8 Å². The van der Waals surface area contributed by atoms with Gasteiger partial charge in [-0.15, -0.1) is 0 Å². The molecule has 1 fully saturated rings. The van der Waals surface area contributed by atoms with Crippen LogP contribution in [0.4, 0.5) is 13.2 Å². The molecule has 2 atom stereocenters. The highest BCUT2D eigenvalue weighted by Gasteiger charge is 2.59. The summed E-state index contributed by atoms with van der Waals surface area (Å²) in [5, 5.41) is 8.66. The Morgan fingerprint density at radius 3 is 2.36 bits per heavy atom. The molecule has 0 bridgehead atoms. The van der Waals surface area contributed by atoms with E-state index < -0.39 is 23.6 Å². The Hall–Kier alpha value is -0.780. The molecule has 1 rings (SSSR count). The second-order valence-electron chi connectivity index (χ2n) is 3.67. The lowest BCUT2D eigenvalue weighted by atomic mass is 9.73. The molecule has 0 aliphatic heterocycles. The number of hydrogen-bond donors (Lipinski definition) is 2. The van der Waals surface area contributed by atoms with E-state index in [1.165, 1.54) is 0 Å². The zero-order valence-electron chi connectivity index (χ0n) is 7.47. The smallest absolute Gasteiger partial charge is 0.407 e. The van der Waals surface area contributed by atoms with E-state index in [9.17, 15) is 18.0 Å². The first-order valence-corrected chi connectivity index (χ1v) is 4.37. The van der Waals surface area contributed by atoms with E-state index in [-0.39, 0.29) is 12.8 Å². The molecule has 0 aromatic rings. The van der Waals surface area contributed by atoms with Gasteiger partial charge in [-0.25, -0.2) is 0 Å². The molecule has 0 radical (unpaired) electrons. The molecule has 1 aliphatic rings. The summed E-state index contributed by atoms with van der Waals surface area (Å²) in [4.78, 5) is 10.6. The van der Waals surface area contributed by atoms with Crippen LogP contribution >= 0.6 is 0 Å². The molecule has 0 unspecified atom stereocenters. The van der Waals surface area contributed by atoms with E-state index in [0.717, 1.165) is 0 Å². The minimum Gasteiger partial charge on any atom is -0.481 e. The maximum absolute atomic E-state index is 12.5. The van der Waals surface area contributed by atoms with Gasteiger partial charge in [0.05, 0.1) is 5.92 Å². The van der Waals surface area contributed by atoms with Crippen molar-refractivity contribution >= 4 is 5.97 Å². The lowest BCUT2D eigenvalue weighted by molar-refractivity contribution is -0.214. The molecule has 0 aromatic carbocycles. The average molecular weight is 211 g/mol. The van der Waals surface area contributed by atoms with Crippen molar-refractivity contribution in [1.29, 1.82) is 0 Å². The van der Waals surface area contributed by atoms with E-state index in [1.54, 1.807) is 0 Å². The van der Waals surface area contributed by atoms with Gasteiger partial charge in [0, 0.05) is 0 Å². The third kappa shape index (κ3) is 1.70. The van der Waals surface area contributed by atoms with Crippen molar-refractivity contribution in [2.45, 2.75) is 37.4 Å². The fourth-order valence-electron chi connectivity index (χ4n) is 1.88. The highest BCUT2D eigenvalue weighted by molar-refractivity contribution is 5.72. The number of halogens is 3. The van der Waals surface area contributed by atoms with Crippen LogP contribution in [0, 0.1) is 5.92 Å². The van der Waals surface area contributed by atoms with Crippen LogP contribution in [0.5, 0.6) is 0 Å². The minimum atomic E-state index is -4.64. The summed E-state index contributed by atoms with van der Waals surface area (Å²) in [6.45, 7) is 0. The number of hydrogen-bond acceptors (Lipinski definition) is 2. The Bertz CT molecular complexity index is 241. The topological polar surface area (TPSA) is 63.3 Å². The number of rotatable bonds is 1. The molecular formula is C8H12F3NO2. The predicted octanol–water partition coefficient (Wildman–Crippen LogP) is 1.52. The molecule has 0 spiro atoms. The van der Waals surface area contributed by atoms with Crippen LogP contribution in [0.3, 0.4) is 0 Å². The van der Waals surface area contributed by atoms with Crippen LogP contribution < -0.4 is 5.73 Å². The Labute approximate surface area is 79.1 Å².